The van der Waals surface area contributed by atoms with Crippen molar-refractivity contribution >= 4 is 5.97 Å². The Bertz CT molecular complexity index is 510. The largest absolute Gasteiger partial charge is 0.476 e. The molecule has 0 aliphatic rings. The van der Waals surface area contributed by atoms with E-state index in [1.165, 1.54) is 18.2 Å². The van der Waals surface area contributed by atoms with Gasteiger partial charge in [-0.3, -0.25) is 0 Å². The summed E-state index contributed by atoms with van der Waals surface area (Å²) in [4.78, 5) is 10.7. The maximum absolute atomic E-state index is 12.9. The molecule has 2 rings (SSSR count). The summed E-state index contributed by atoms with van der Waals surface area (Å²) in [6.07, 6.45) is 1.10. The Kier molecular flexibility index (Phi) is 2.17. The lowest BCUT2D eigenvalue weighted by atomic mass is 10.3. The van der Waals surface area contributed by atoms with Gasteiger partial charge in [-0.25, -0.2) is 13.9 Å². The third kappa shape index (κ3) is 1.69. The average molecular weight is 207 g/mol. The van der Waals surface area contributed by atoms with Gasteiger partial charge in [0.05, 0.1) is 11.9 Å². The van der Waals surface area contributed by atoms with Gasteiger partial charge in [-0.05, 0) is 18.2 Å². The van der Waals surface area contributed by atoms with Gasteiger partial charge < -0.3 is 5.11 Å². The molecule has 1 N–H and O–H groups in total. The zero-order chi connectivity index (χ0) is 10.8. The third-order valence-electron chi connectivity index (χ3n) is 1.82. The zero-order valence-corrected chi connectivity index (χ0v) is 7.46. The Balaban J connectivity index is 2.54. The molecule has 0 bridgehead atoms. The molecule has 0 aliphatic carbocycles. The van der Waals surface area contributed by atoms with Gasteiger partial charge in [0.15, 0.2) is 5.69 Å². The normalized spacial score (nSPS) is 10.2. The highest BCUT2D eigenvalue weighted by Crippen LogP contribution is 2.10. The molecule has 0 unspecified atom stereocenters. The van der Waals surface area contributed by atoms with Crippen molar-refractivity contribution in [2.75, 3.05) is 0 Å². The van der Waals surface area contributed by atoms with Gasteiger partial charge in [-0.15, -0.1) is 5.10 Å². The summed E-state index contributed by atoms with van der Waals surface area (Å²) in [6.45, 7) is 0. The molecule has 1 aromatic heterocycles. The second-order valence-corrected chi connectivity index (χ2v) is 2.82. The summed E-state index contributed by atoms with van der Waals surface area (Å²) in [7, 11) is 0. The minimum atomic E-state index is -1.16. The lowest BCUT2D eigenvalue weighted by Crippen LogP contribution is -2.07. The lowest BCUT2D eigenvalue weighted by Gasteiger charge is -2.02. The first kappa shape index (κ1) is 9.32. The van der Waals surface area contributed by atoms with Gasteiger partial charge >= 0.3 is 5.97 Å². The van der Waals surface area contributed by atoms with Crippen LogP contribution in [0.3, 0.4) is 0 Å². The summed E-state index contributed by atoms with van der Waals surface area (Å²) in [6, 6.07) is 5.46. The fourth-order valence-electron chi connectivity index (χ4n) is 1.18. The van der Waals surface area contributed by atoms with Crippen LogP contribution in [-0.4, -0.2) is 26.1 Å². The van der Waals surface area contributed by atoms with Crippen LogP contribution in [0.1, 0.15) is 10.5 Å². The van der Waals surface area contributed by atoms with Crippen LogP contribution < -0.4 is 0 Å². The van der Waals surface area contributed by atoms with Crippen molar-refractivity contribution < 1.29 is 14.3 Å². The number of carboxylic acid groups (broad SMARTS) is 1. The molecule has 0 atom stereocenters. The van der Waals surface area contributed by atoms with E-state index >= 15 is 0 Å². The molecule has 1 heterocycles. The van der Waals surface area contributed by atoms with Crippen molar-refractivity contribution in [1.82, 2.24) is 15.0 Å². The maximum Gasteiger partial charge on any atom is 0.356 e. The molecular formula is C9H6FN3O2. The van der Waals surface area contributed by atoms with Crippen molar-refractivity contribution in [1.29, 1.82) is 0 Å². The van der Waals surface area contributed by atoms with Crippen molar-refractivity contribution in [3.8, 4) is 5.69 Å². The standard InChI is InChI=1S/C9H6FN3O2/c10-6-2-1-3-7(4-6)13-8(9(14)15)5-11-12-13/h1-5H,(H,14,15). The van der Waals surface area contributed by atoms with Crippen LogP contribution in [0.15, 0.2) is 30.5 Å². The first-order valence-electron chi connectivity index (χ1n) is 4.08. The van der Waals surface area contributed by atoms with Crippen LogP contribution in [0.5, 0.6) is 0 Å². The van der Waals surface area contributed by atoms with Gasteiger partial charge in [0.25, 0.3) is 0 Å². The summed E-state index contributed by atoms with van der Waals surface area (Å²) < 4.78 is 13.9. The Hall–Kier alpha value is -2.24. The second-order valence-electron chi connectivity index (χ2n) is 2.82. The highest BCUT2D eigenvalue weighted by molar-refractivity contribution is 5.85. The fourth-order valence-corrected chi connectivity index (χ4v) is 1.18. The molecule has 0 saturated carbocycles. The predicted molar refractivity (Wildman–Crippen MR) is 48.3 cm³/mol. The van der Waals surface area contributed by atoms with Crippen LogP contribution in [0.25, 0.3) is 5.69 Å². The summed E-state index contributed by atoms with van der Waals surface area (Å²) >= 11 is 0. The van der Waals surface area contributed by atoms with Crippen LogP contribution in [-0.2, 0) is 0 Å². The topological polar surface area (TPSA) is 68.0 Å². The van der Waals surface area contributed by atoms with Crippen molar-refractivity contribution in [3.05, 3.63) is 42.0 Å². The van der Waals surface area contributed by atoms with E-state index in [1.54, 1.807) is 6.07 Å². The first-order valence-corrected chi connectivity index (χ1v) is 4.08. The number of aromatic carboxylic acids is 1. The van der Waals surface area contributed by atoms with Gasteiger partial charge in [0.1, 0.15) is 5.82 Å². The predicted octanol–water partition coefficient (Wildman–Crippen LogP) is 1.10. The number of halogens is 1. The summed E-state index contributed by atoms with van der Waals surface area (Å²) in [5, 5.41) is 15.8. The average Bonchev–Trinajstić information content (AvgIpc) is 2.65. The Labute approximate surface area is 83.8 Å². The second kappa shape index (κ2) is 3.49. The van der Waals surface area contributed by atoms with E-state index < -0.39 is 11.8 Å². The number of carbonyl (C=O) groups is 1. The van der Waals surface area contributed by atoms with Crippen LogP contribution >= 0.6 is 0 Å². The molecule has 5 nitrogen and oxygen atoms in total. The van der Waals surface area contributed by atoms with E-state index in [4.69, 9.17) is 5.11 Å². The number of nitrogens with zero attached hydrogens (tertiary/aromatic N) is 3. The maximum atomic E-state index is 12.9. The molecule has 0 fully saturated rings. The molecule has 15 heavy (non-hydrogen) atoms. The van der Waals surface area contributed by atoms with Crippen molar-refractivity contribution in [3.63, 3.8) is 0 Å². The van der Waals surface area contributed by atoms with Gasteiger partial charge in [-0.2, -0.15) is 0 Å². The number of aromatic nitrogens is 3. The molecular weight excluding hydrogens is 201 g/mol. The Morgan fingerprint density at radius 2 is 2.27 bits per heavy atom. The van der Waals surface area contributed by atoms with Gasteiger partial charge in [0.2, 0.25) is 0 Å². The van der Waals surface area contributed by atoms with Crippen molar-refractivity contribution in [2.45, 2.75) is 0 Å². The minimum absolute atomic E-state index is 0.111. The summed E-state index contributed by atoms with van der Waals surface area (Å²) in [5.74, 6) is -1.62. The van der Waals surface area contributed by atoms with E-state index in [1.807, 2.05) is 0 Å². The zero-order valence-electron chi connectivity index (χ0n) is 7.46. The first-order chi connectivity index (χ1) is 7.18. The molecule has 0 amide bonds. The monoisotopic (exact) mass is 207 g/mol. The number of hydrogen-bond acceptors (Lipinski definition) is 3. The molecule has 76 valence electrons. The molecule has 0 spiro atoms. The van der Waals surface area contributed by atoms with Crippen molar-refractivity contribution in [2.24, 2.45) is 0 Å². The van der Waals surface area contributed by atoms with E-state index in [0.29, 0.717) is 5.69 Å². The Morgan fingerprint density at radius 1 is 1.47 bits per heavy atom. The minimum Gasteiger partial charge on any atom is -0.476 e. The molecule has 0 radical (unpaired) electrons. The van der Waals surface area contributed by atoms with Gasteiger partial charge in [-0.1, -0.05) is 11.3 Å². The smallest absolute Gasteiger partial charge is 0.356 e. The molecule has 0 aliphatic heterocycles. The third-order valence-corrected chi connectivity index (χ3v) is 1.82. The molecule has 0 saturated heterocycles. The highest BCUT2D eigenvalue weighted by atomic mass is 19.1. The number of rotatable bonds is 2. The molecule has 6 heteroatoms. The molecule has 2 aromatic rings. The SMILES string of the molecule is O=C(O)c1cnnn1-c1cccc(F)c1. The van der Waals surface area contributed by atoms with E-state index in [0.717, 1.165) is 10.9 Å². The Morgan fingerprint density at radius 3 is 2.93 bits per heavy atom. The highest BCUT2D eigenvalue weighted by Gasteiger charge is 2.12. The van der Waals surface area contributed by atoms with Crippen LogP contribution in [0, 0.1) is 5.82 Å². The van der Waals surface area contributed by atoms with E-state index in [2.05, 4.69) is 10.3 Å². The lowest BCUT2D eigenvalue weighted by molar-refractivity contribution is 0.0687. The number of benzene rings is 1. The number of hydrogen-bond donors (Lipinski definition) is 1. The number of carboxylic acids is 1. The van der Waals surface area contributed by atoms with Gasteiger partial charge in [0, 0.05) is 0 Å². The van der Waals surface area contributed by atoms with Crippen LogP contribution in [0.2, 0.25) is 0 Å². The van der Waals surface area contributed by atoms with Crippen LogP contribution in [0.4, 0.5) is 4.39 Å². The summed E-state index contributed by atoms with van der Waals surface area (Å²) in [5.41, 5.74) is 0.213. The quantitative estimate of drug-likeness (QED) is 0.800. The molecule has 1 aromatic carbocycles. The fraction of sp³-hybridized carbons (Fsp3) is 0. The van der Waals surface area contributed by atoms with E-state index in [-0.39, 0.29) is 5.69 Å². The van der Waals surface area contributed by atoms with E-state index in [9.17, 15) is 9.18 Å².